The van der Waals surface area contributed by atoms with Gasteiger partial charge in [0.05, 0.1) is 11.0 Å². The van der Waals surface area contributed by atoms with Gasteiger partial charge in [0.15, 0.2) is 0 Å². The van der Waals surface area contributed by atoms with Gasteiger partial charge in [-0.3, -0.25) is 4.57 Å². The van der Waals surface area contributed by atoms with Crippen molar-refractivity contribution in [3.63, 3.8) is 0 Å². The van der Waals surface area contributed by atoms with Crippen LogP contribution in [0.4, 0.5) is 0 Å². The quantitative estimate of drug-likeness (QED) is 0.466. The first-order valence-electron chi connectivity index (χ1n) is 8.37. The first-order chi connectivity index (χ1) is 11.7. The third-order valence-electron chi connectivity index (χ3n) is 4.34. The Morgan fingerprint density at radius 3 is 2.04 bits per heavy atom. The SMILES string of the molecule is CC(C)c1nc2ccccc2n1-c1ccc(-c2ccccc2)cc1. The zero-order chi connectivity index (χ0) is 16.5. The maximum atomic E-state index is 4.83. The van der Waals surface area contributed by atoms with E-state index in [0.717, 1.165) is 22.5 Å². The number of nitrogens with zero attached hydrogens (tertiary/aromatic N) is 2. The van der Waals surface area contributed by atoms with Crippen molar-refractivity contribution in [2.45, 2.75) is 19.8 Å². The largest absolute Gasteiger partial charge is 0.296 e. The van der Waals surface area contributed by atoms with Crippen molar-refractivity contribution in [2.24, 2.45) is 0 Å². The van der Waals surface area contributed by atoms with Crippen molar-refractivity contribution < 1.29 is 0 Å². The Hall–Kier alpha value is -2.87. The van der Waals surface area contributed by atoms with E-state index in [1.54, 1.807) is 0 Å². The van der Waals surface area contributed by atoms with Crippen LogP contribution in [-0.2, 0) is 0 Å². The first kappa shape index (κ1) is 14.7. The van der Waals surface area contributed by atoms with Crippen LogP contribution in [-0.4, -0.2) is 9.55 Å². The van der Waals surface area contributed by atoms with E-state index in [2.05, 4.69) is 85.1 Å². The average Bonchev–Trinajstić information content (AvgIpc) is 3.02. The second-order valence-corrected chi connectivity index (χ2v) is 6.36. The predicted octanol–water partition coefficient (Wildman–Crippen LogP) is 5.82. The summed E-state index contributed by atoms with van der Waals surface area (Å²) in [6, 6.07) is 27.5. The highest BCUT2D eigenvalue weighted by atomic mass is 15.1. The van der Waals surface area contributed by atoms with Crippen LogP contribution < -0.4 is 0 Å². The minimum atomic E-state index is 0.367. The maximum Gasteiger partial charge on any atom is 0.117 e. The van der Waals surface area contributed by atoms with Gasteiger partial charge in [-0.05, 0) is 35.4 Å². The van der Waals surface area contributed by atoms with Crippen LogP contribution in [0, 0.1) is 0 Å². The molecule has 2 nitrogen and oxygen atoms in total. The van der Waals surface area contributed by atoms with Crippen molar-refractivity contribution >= 4 is 11.0 Å². The van der Waals surface area contributed by atoms with Crippen LogP contribution in [0.2, 0.25) is 0 Å². The average molecular weight is 312 g/mol. The molecule has 0 bridgehead atoms. The number of imidazole rings is 1. The molecule has 0 spiro atoms. The summed E-state index contributed by atoms with van der Waals surface area (Å²) in [6.45, 7) is 4.38. The predicted molar refractivity (Wildman–Crippen MR) is 101 cm³/mol. The molecule has 2 heteroatoms. The number of aromatic nitrogens is 2. The summed E-state index contributed by atoms with van der Waals surface area (Å²) in [7, 11) is 0. The lowest BCUT2D eigenvalue weighted by molar-refractivity contribution is 0.760. The van der Waals surface area contributed by atoms with Crippen LogP contribution in [0.15, 0.2) is 78.9 Å². The molecule has 0 aliphatic heterocycles. The normalized spacial score (nSPS) is 11.3. The van der Waals surface area contributed by atoms with E-state index in [1.807, 2.05) is 12.1 Å². The Labute approximate surface area is 142 Å². The molecule has 1 heterocycles. The molecule has 4 rings (SSSR count). The van der Waals surface area contributed by atoms with E-state index in [-0.39, 0.29) is 0 Å². The number of rotatable bonds is 3. The number of hydrogen-bond acceptors (Lipinski definition) is 1. The van der Waals surface area contributed by atoms with Gasteiger partial charge in [0, 0.05) is 11.6 Å². The molecule has 0 aliphatic carbocycles. The maximum absolute atomic E-state index is 4.83. The highest BCUT2D eigenvalue weighted by molar-refractivity contribution is 5.78. The van der Waals surface area contributed by atoms with Gasteiger partial charge in [0.25, 0.3) is 0 Å². The topological polar surface area (TPSA) is 17.8 Å². The highest BCUT2D eigenvalue weighted by Crippen LogP contribution is 2.27. The van der Waals surface area contributed by atoms with Gasteiger partial charge in [-0.1, -0.05) is 68.4 Å². The number of para-hydroxylation sites is 2. The zero-order valence-corrected chi connectivity index (χ0v) is 14.0. The highest BCUT2D eigenvalue weighted by Gasteiger charge is 2.14. The minimum Gasteiger partial charge on any atom is -0.296 e. The molecular weight excluding hydrogens is 292 g/mol. The molecule has 0 amide bonds. The fourth-order valence-corrected chi connectivity index (χ4v) is 3.14. The van der Waals surface area contributed by atoms with Crippen LogP contribution >= 0.6 is 0 Å². The first-order valence-corrected chi connectivity index (χ1v) is 8.37. The molecule has 4 aromatic rings. The van der Waals surface area contributed by atoms with E-state index in [0.29, 0.717) is 5.92 Å². The van der Waals surface area contributed by atoms with Gasteiger partial charge in [0.2, 0.25) is 0 Å². The lowest BCUT2D eigenvalue weighted by Gasteiger charge is -2.12. The molecule has 0 radical (unpaired) electrons. The molecule has 118 valence electrons. The van der Waals surface area contributed by atoms with Crippen molar-refractivity contribution in [2.75, 3.05) is 0 Å². The van der Waals surface area contributed by atoms with Gasteiger partial charge in [-0.25, -0.2) is 4.98 Å². The summed E-state index contributed by atoms with van der Waals surface area (Å²) < 4.78 is 2.27. The van der Waals surface area contributed by atoms with Gasteiger partial charge < -0.3 is 0 Å². The summed E-state index contributed by atoms with van der Waals surface area (Å²) >= 11 is 0. The van der Waals surface area contributed by atoms with Crippen LogP contribution in [0.25, 0.3) is 27.8 Å². The summed E-state index contributed by atoms with van der Waals surface area (Å²) in [4.78, 5) is 4.83. The molecule has 0 aliphatic rings. The second kappa shape index (κ2) is 5.97. The lowest BCUT2D eigenvalue weighted by atomic mass is 10.1. The lowest BCUT2D eigenvalue weighted by Crippen LogP contribution is -2.02. The Balaban J connectivity index is 1.84. The molecule has 0 unspecified atom stereocenters. The van der Waals surface area contributed by atoms with Crippen LogP contribution in [0.5, 0.6) is 0 Å². The number of hydrogen-bond donors (Lipinski definition) is 0. The molecule has 3 aromatic carbocycles. The molecule has 1 aromatic heterocycles. The van der Waals surface area contributed by atoms with Gasteiger partial charge >= 0.3 is 0 Å². The van der Waals surface area contributed by atoms with Gasteiger partial charge in [-0.2, -0.15) is 0 Å². The molecule has 0 N–H and O–H groups in total. The van der Waals surface area contributed by atoms with E-state index in [9.17, 15) is 0 Å². The second-order valence-electron chi connectivity index (χ2n) is 6.36. The van der Waals surface area contributed by atoms with E-state index >= 15 is 0 Å². The van der Waals surface area contributed by atoms with Gasteiger partial charge in [-0.15, -0.1) is 0 Å². The van der Waals surface area contributed by atoms with Crippen molar-refractivity contribution in [3.8, 4) is 16.8 Å². The van der Waals surface area contributed by atoms with E-state index in [1.165, 1.54) is 11.1 Å². The zero-order valence-electron chi connectivity index (χ0n) is 14.0. The van der Waals surface area contributed by atoms with E-state index in [4.69, 9.17) is 4.98 Å². The monoisotopic (exact) mass is 312 g/mol. The third kappa shape index (κ3) is 2.50. The third-order valence-corrected chi connectivity index (χ3v) is 4.34. The molecule has 0 atom stereocenters. The number of fused-ring (bicyclic) bond motifs is 1. The minimum absolute atomic E-state index is 0.367. The summed E-state index contributed by atoms with van der Waals surface area (Å²) in [5, 5.41) is 0. The summed E-state index contributed by atoms with van der Waals surface area (Å²) in [6.07, 6.45) is 0. The number of benzene rings is 3. The Bertz CT molecular complexity index is 964. The van der Waals surface area contributed by atoms with E-state index < -0.39 is 0 Å². The molecule has 0 fully saturated rings. The van der Waals surface area contributed by atoms with Crippen LogP contribution in [0.1, 0.15) is 25.6 Å². The Morgan fingerprint density at radius 1 is 0.708 bits per heavy atom. The summed E-state index contributed by atoms with van der Waals surface area (Å²) in [5.41, 5.74) is 5.84. The molecule has 24 heavy (non-hydrogen) atoms. The smallest absolute Gasteiger partial charge is 0.117 e. The van der Waals surface area contributed by atoms with Gasteiger partial charge in [0.1, 0.15) is 5.82 Å². The fraction of sp³-hybridized carbons (Fsp3) is 0.136. The fourth-order valence-electron chi connectivity index (χ4n) is 3.14. The Morgan fingerprint density at radius 2 is 1.33 bits per heavy atom. The summed E-state index contributed by atoms with van der Waals surface area (Å²) in [5.74, 6) is 1.47. The molecular formula is C22H20N2. The van der Waals surface area contributed by atoms with Crippen molar-refractivity contribution in [3.05, 3.63) is 84.7 Å². The Kier molecular flexibility index (Phi) is 3.66. The molecule has 0 saturated carbocycles. The van der Waals surface area contributed by atoms with Crippen molar-refractivity contribution in [1.82, 2.24) is 9.55 Å². The van der Waals surface area contributed by atoms with Crippen molar-refractivity contribution in [1.29, 1.82) is 0 Å². The van der Waals surface area contributed by atoms with Crippen LogP contribution in [0.3, 0.4) is 0 Å². The molecule has 0 saturated heterocycles. The standard InChI is InChI=1S/C22H20N2/c1-16(2)22-23-20-10-6-7-11-21(20)24(22)19-14-12-18(13-15-19)17-8-4-3-5-9-17/h3-16H,1-2H3.